The van der Waals surface area contributed by atoms with Gasteiger partial charge in [0, 0.05) is 77.0 Å². The summed E-state index contributed by atoms with van der Waals surface area (Å²) in [5.41, 5.74) is 3.99. The summed E-state index contributed by atoms with van der Waals surface area (Å²) >= 11 is 6.44. The maximum atomic E-state index is 15.0. The molecule has 3 aromatic carbocycles. The summed E-state index contributed by atoms with van der Waals surface area (Å²) in [6.45, 7) is 12.6. The Morgan fingerprint density at radius 2 is 1.06 bits per heavy atom. The highest BCUT2D eigenvalue weighted by Gasteiger charge is 2.50. The third-order valence-corrected chi connectivity index (χ3v) is 15.0. The number of Topliss-reactive ketones (excluding diaryl/α,β-unsaturated/α-hetero) is 1. The van der Waals surface area contributed by atoms with Crippen molar-refractivity contribution in [3.05, 3.63) is 152 Å². The van der Waals surface area contributed by atoms with Crippen LogP contribution in [-0.2, 0) is 50.5 Å². The summed E-state index contributed by atoms with van der Waals surface area (Å²) in [5, 5.41) is 26.4. The van der Waals surface area contributed by atoms with Gasteiger partial charge in [0.25, 0.3) is 0 Å². The Bertz CT molecular complexity index is 3150. The van der Waals surface area contributed by atoms with E-state index in [4.69, 9.17) is 39.2 Å². The van der Waals surface area contributed by atoms with Gasteiger partial charge in [-0.3, -0.25) is 9.59 Å². The number of benzene rings is 3. The first kappa shape index (κ1) is 59.7. The number of rotatable bonds is 26. The lowest BCUT2D eigenvalue weighted by Crippen LogP contribution is -2.30. The number of ether oxygens (including phenoxy) is 2. The second-order valence-electron chi connectivity index (χ2n) is 23.3. The zero-order valence-corrected chi connectivity index (χ0v) is 47.2. The molecule has 1 N–H and O–H groups in total. The third kappa shape index (κ3) is 14.9. The van der Waals surface area contributed by atoms with Crippen molar-refractivity contribution in [2.75, 3.05) is 13.2 Å². The lowest BCUT2D eigenvalue weighted by atomic mass is 9.86. The lowest BCUT2D eigenvalue weighted by Gasteiger charge is -2.27. The number of ketones is 1. The van der Waals surface area contributed by atoms with Crippen molar-refractivity contribution < 1.29 is 59.8 Å². The van der Waals surface area contributed by atoms with E-state index in [1.165, 1.54) is 53.7 Å². The van der Waals surface area contributed by atoms with Gasteiger partial charge in [-0.2, -0.15) is 17.6 Å². The monoisotopic (exact) mass is 1130 g/mol. The van der Waals surface area contributed by atoms with Gasteiger partial charge in [-0.1, -0.05) is 147 Å². The molecule has 4 heterocycles. The van der Waals surface area contributed by atoms with Crippen LogP contribution in [0.2, 0.25) is 5.02 Å². The minimum absolute atomic E-state index is 0.0270. The molecule has 18 heteroatoms. The summed E-state index contributed by atoms with van der Waals surface area (Å²) in [6, 6.07) is 27.9. The number of carbonyl (C=O) groups is 2. The summed E-state index contributed by atoms with van der Waals surface area (Å²) in [4.78, 5) is 25.1. The molecule has 0 aliphatic heterocycles. The Labute approximate surface area is 469 Å². The number of hydrogen-bond donors (Lipinski definition) is 1. The molecular weight excluding hydrogens is 1060 g/mol. The van der Waals surface area contributed by atoms with Crippen molar-refractivity contribution in [2.24, 2.45) is 10.8 Å². The SMILES string of the molecule is CC(C)(C)C(F)(F)c1cc(-c2noc([C@@H](CCCOCc3ccccc3)CC(=O)O)c2C2CC2)no1.Cc1ccc(CC(=O)C[C@H](CCCOCc2ccccc2)c2onc(-c3cc(C(F)(F)C(C)(C)C)on3)c2C2CC2)c(Cl)c1. The van der Waals surface area contributed by atoms with Crippen LogP contribution in [-0.4, -0.2) is 50.7 Å². The van der Waals surface area contributed by atoms with Crippen molar-refractivity contribution in [2.45, 2.75) is 168 Å². The fraction of sp³-hybridized carbons (Fsp3) is 0.484. The third-order valence-electron chi connectivity index (χ3n) is 14.6. The molecule has 9 rings (SSSR count). The summed E-state index contributed by atoms with van der Waals surface area (Å²) in [7, 11) is 0. The molecule has 80 heavy (non-hydrogen) atoms. The number of nitrogens with zero attached hydrogens (tertiary/aromatic N) is 4. The Kier molecular flexibility index (Phi) is 19.1. The van der Waals surface area contributed by atoms with E-state index in [2.05, 4.69) is 20.6 Å². The minimum Gasteiger partial charge on any atom is -0.481 e. The van der Waals surface area contributed by atoms with Gasteiger partial charge >= 0.3 is 17.8 Å². The Morgan fingerprint density at radius 3 is 1.46 bits per heavy atom. The lowest BCUT2D eigenvalue weighted by molar-refractivity contribution is -0.137. The van der Waals surface area contributed by atoms with E-state index in [1.54, 1.807) is 0 Å². The van der Waals surface area contributed by atoms with E-state index >= 15 is 8.78 Å². The highest BCUT2D eigenvalue weighted by atomic mass is 35.5. The molecule has 0 bridgehead atoms. The van der Waals surface area contributed by atoms with Gasteiger partial charge < -0.3 is 32.7 Å². The van der Waals surface area contributed by atoms with Crippen LogP contribution < -0.4 is 0 Å². The summed E-state index contributed by atoms with van der Waals surface area (Å²) in [5.74, 6) is -7.70. The van der Waals surface area contributed by atoms with Crippen LogP contribution in [0.3, 0.4) is 0 Å². The van der Waals surface area contributed by atoms with E-state index < -0.39 is 46.1 Å². The highest BCUT2D eigenvalue weighted by molar-refractivity contribution is 6.31. The van der Waals surface area contributed by atoms with Crippen molar-refractivity contribution in [3.8, 4) is 22.8 Å². The van der Waals surface area contributed by atoms with Crippen molar-refractivity contribution >= 4 is 23.4 Å². The average molecular weight is 1130 g/mol. The van der Waals surface area contributed by atoms with Crippen molar-refractivity contribution in [3.63, 3.8) is 0 Å². The highest BCUT2D eigenvalue weighted by Crippen LogP contribution is 2.52. The molecule has 13 nitrogen and oxygen atoms in total. The molecule has 2 saturated carbocycles. The van der Waals surface area contributed by atoms with Crippen LogP contribution in [0.4, 0.5) is 17.6 Å². The maximum absolute atomic E-state index is 15.0. The fourth-order valence-corrected chi connectivity index (χ4v) is 9.83. The Hall–Kier alpha value is -6.43. The first-order chi connectivity index (χ1) is 38.0. The maximum Gasteiger partial charge on any atom is 0.312 e. The number of aryl methyl sites for hydroxylation is 1. The molecule has 0 amide bonds. The topological polar surface area (TPSA) is 177 Å². The van der Waals surface area contributed by atoms with Gasteiger partial charge in [0.15, 0.2) is 0 Å². The van der Waals surface area contributed by atoms with E-state index in [0.29, 0.717) is 80.0 Å². The molecule has 2 aliphatic carbocycles. The Balaban J connectivity index is 0.000000215. The van der Waals surface area contributed by atoms with Crippen molar-refractivity contribution in [1.82, 2.24) is 20.6 Å². The molecule has 4 aromatic heterocycles. The van der Waals surface area contributed by atoms with Crippen molar-refractivity contribution in [1.29, 1.82) is 0 Å². The normalized spacial score (nSPS) is 14.9. The molecule has 0 spiro atoms. The second-order valence-corrected chi connectivity index (χ2v) is 23.7. The first-order valence-corrected chi connectivity index (χ1v) is 27.8. The van der Waals surface area contributed by atoms with E-state index in [9.17, 15) is 23.5 Å². The predicted octanol–water partition coefficient (Wildman–Crippen LogP) is 16.5. The van der Waals surface area contributed by atoms with Crippen LogP contribution in [0.5, 0.6) is 0 Å². The zero-order chi connectivity index (χ0) is 57.4. The van der Waals surface area contributed by atoms with Crippen LogP contribution in [0.15, 0.2) is 109 Å². The number of carbonyl (C=O) groups excluding carboxylic acids is 1. The van der Waals surface area contributed by atoms with Gasteiger partial charge in [-0.05, 0) is 98.4 Å². The number of aromatic nitrogens is 4. The standard InChI is InChI=1S/C35H39ClF2N2O4.C27H32F2N2O5/c1-22-12-13-25(28(36)17-22)18-27(41)19-26(11-8-16-42-21-23-9-6-5-7-10-23)33-31(24-14-15-24)32(40-44-33)29-20-30(43-39-29)35(37,38)34(2,3)4;1-26(2,3)27(28,29)21-15-20(30-35-21)24-23(18-11-12-18)25(36-31-24)19(14-22(32)33)10-7-13-34-16-17-8-5-4-6-9-17/h5-7,9-10,12-13,17,20,24,26H,8,11,14-16,18-19,21H2,1-4H3;4-6,8-9,15,18-19H,7,10-14,16H2,1-3H3,(H,32,33)/t26-;19-/m00/s1. The molecule has 2 atom stereocenters. The van der Waals surface area contributed by atoms with Crippen LogP contribution in [0.1, 0.15) is 186 Å². The molecule has 0 unspecified atom stereocenters. The van der Waals surface area contributed by atoms with Gasteiger partial charge in [0.2, 0.25) is 11.5 Å². The minimum atomic E-state index is -3.23. The smallest absolute Gasteiger partial charge is 0.312 e. The molecule has 0 radical (unpaired) electrons. The number of carboxylic acid groups (broad SMARTS) is 1. The number of hydrogen-bond acceptors (Lipinski definition) is 12. The van der Waals surface area contributed by atoms with Crippen LogP contribution >= 0.6 is 11.6 Å². The largest absolute Gasteiger partial charge is 0.481 e. The first-order valence-electron chi connectivity index (χ1n) is 27.4. The van der Waals surface area contributed by atoms with Gasteiger partial charge in [0.1, 0.15) is 40.1 Å². The van der Waals surface area contributed by atoms with Gasteiger partial charge in [-0.25, -0.2) is 0 Å². The quantitative estimate of drug-likeness (QED) is 0.0401. The van der Waals surface area contributed by atoms with Gasteiger partial charge in [0.05, 0.1) is 19.6 Å². The molecule has 7 aromatic rings. The Morgan fingerprint density at radius 1 is 0.625 bits per heavy atom. The number of carboxylic acids is 1. The van der Waals surface area contributed by atoms with E-state index in [0.717, 1.165) is 59.1 Å². The van der Waals surface area contributed by atoms with E-state index in [-0.39, 0.29) is 54.2 Å². The fourth-order valence-electron chi connectivity index (χ4n) is 9.53. The number of aliphatic carboxylic acids is 1. The van der Waals surface area contributed by atoms with E-state index in [1.807, 2.05) is 85.8 Å². The summed E-state index contributed by atoms with van der Waals surface area (Å²) < 4.78 is 93.2. The zero-order valence-electron chi connectivity index (χ0n) is 46.5. The second kappa shape index (κ2) is 25.6. The average Bonchev–Trinajstić information content (AvgIpc) is 4.19. The molecular formula is C62H71ClF4N4O9. The molecule has 428 valence electrons. The predicted molar refractivity (Wildman–Crippen MR) is 293 cm³/mol. The molecule has 2 aliphatic rings. The van der Waals surface area contributed by atoms with Gasteiger partial charge in [-0.15, -0.1) is 0 Å². The number of alkyl halides is 4. The molecule has 0 saturated heterocycles. The van der Waals surface area contributed by atoms with Crippen LogP contribution in [0, 0.1) is 17.8 Å². The molecule has 2 fully saturated rings. The van der Waals surface area contributed by atoms with Crippen LogP contribution in [0.25, 0.3) is 22.8 Å². The number of halogens is 5. The summed E-state index contributed by atoms with van der Waals surface area (Å²) in [6.07, 6.45) is 6.42.